The van der Waals surface area contributed by atoms with E-state index in [0.717, 1.165) is 44.9 Å². The van der Waals surface area contributed by atoms with Crippen molar-refractivity contribution in [1.82, 2.24) is 25.5 Å². The minimum absolute atomic E-state index is 0.00911. The van der Waals surface area contributed by atoms with Crippen LogP contribution in [0, 0.1) is 17.3 Å². The maximum Gasteiger partial charge on any atom is 0.320 e. The maximum absolute atomic E-state index is 13.7. The van der Waals surface area contributed by atoms with Crippen LogP contribution in [0.15, 0.2) is 18.6 Å². The fourth-order valence-corrected chi connectivity index (χ4v) is 5.04. The number of ether oxygens (including phenoxy) is 1. The minimum Gasteiger partial charge on any atom is -0.465 e. The van der Waals surface area contributed by atoms with Gasteiger partial charge >= 0.3 is 5.97 Å². The van der Waals surface area contributed by atoms with Crippen molar-refractivity contribution in [2.75, 3.05) is 19.7 Å². The van der Waals surface area contributed by atoms with Crippen LogP contribution < -0.4 is 10.6 Å². The van der Waals surface area contributed by atoms with Crippen LogP contribution >= 0.6 is 0 Å². The number of rotatable bonds is 13. The first-order valence-corrected chi connectivity index (χ1v) is 14.0. The molecule has 1 aromatic heterocycles. The molecule has 2 saturated carbocycles. The molecule has 2 aliphatic rings. The number of esters is 1. The second kappa shape index (κ2) is 14.0. The van der Waals surface area contributed by atoms with Gasteiger partial charge in [0.1, 0.15) is 18.0 Å². The van der Waals surface area contributed by atoms with Gasteiger partial charge in [-0.3, -0.25) is 24.3 Å². The summed E-state index contributed by atoms with van der Waals surface area (Å²) in [5, 5.41) is 17.3. The molecule has 38 heavy (non-hydrogen) atoms. The second-order valence-corrected chi connectivity index (χ2v) is 11.8. The molecule has 2 fully saturated rings. The molecule has 0 spiro atoms. The number of amides is 2. The molecular weight excluding hydrogens is 486 g/mol. The highest BCUT2D eigenvalue weighted by atomic mass is 16.5. The summed E-state index contributed by atoms with van der Waals surface area (Å²) >= 11 is 0. The number of aliphatic hydroxyl groups is 1. The first-order chi connectivity index (χ1) is 18.1. The zero-order valence-electron chi connectivity index (χ0n) is 23.3. The Morgan fingerprint density at radius 1 is 1.11 bits per heavy atom. The van der Waals surface area contributed by atoms with Crippen molar-refractivity contribution in [3.8, 4) is 0 Å². The fourth-order valence-electron chi connectivity index (χ4n) is 5.04. The number of aromatic nitrogens is 2. The molecule has 10 heteroatoms. The lowest BCUT2D eigenvalue weighted by molar-refractivity contribution is -0.148. The Bertz CT molecular complexity index is 912. The summed E-state index contributed by atoms with van der Waals surface area (Å²) in [6, 6.07) is -1.11. The summed E-state index contributed by atoms with van der Waals surface area (Å²) in [6.07, 6.45) is 10.7. The number of hydrogen-bond acceptors (Lipinski definition) is 8. The quantitative estimate of drug-likeness (QED) is 0.261. The van der Waals surface area contributed by atoms with E-state index in [2.05, 4.69) is 20.6 Å². The Hall–Kier alpha value is -2.59. The van der Waals surface area contributed by atoms with E-state index in [4.69, 9.17) is 4.74 Å². The third kappa shape index (κ3) is 9.31. The fraction of sp³-hybridized carbons (Fsp3) is 0.750. The third-order valence-corrected chi connectivity index (χ3v) is 7.54. The number of aliphatic hydroxyl groups excluding tert-OH is 1. The molecule has 0 bridgehead atoms. The third-order valence-electron chi connectivity index (χ3n) is 7.54. The van der Waals surface area contributed by atoms with Crippen LogP contribution in [0.2, 0.25) is 0 Å². The van der Waals surface area contributed by atoms with Crippen LogP contribution in [0.1, 0.15) is 89.5 Å². The zero-order chi connectivity index (χ0) is 27.7. The average Bonchev–Trinajstić information content (AvgIpc) is 3.71. The molecule has 212 valence electrons. The molecule has 2 aliphatic carbocycles. The summed E-state index contributed by atoms with van der Waals surface area (Å²) in [5.41, 5.74) is -0.212. The van der Waals surface area contributed by atoms with Crippen LogP contribution in [0.5, 0.6) is 0 Å². The molecule has 10 nitrogen and oxygen atoms in total. The molecule has 3 rings (SSSR count). The second-order valence-electron chi connectivity index (χ2n) is 11.8. The van der Waals surface area contributed by atoms with E-state index in [0.29, 0.717) is 12.5 Å². The summed E-state index contributed by atoms with van der Waals surface area (Å²) in [4.78, 5) is 48.7. The Morgan fingerprint density at radius 3 is 2.39 bits per heavy atom. The Balaban J connectivity index is 1.73. The van der Waals surface area contributed by atoms with Gasteiger partial charge in [-0.05, 0) is 49.9 Å². The Kier molecular flexibility index (Phi) is 11.0. The average molecular weight is 532 g/mol. The standard InChI is InChI=1S/C28H45N5O5/c1-5-38-24(35)18-33(17-19-11-12-19)23(34)15-22(28(2,3)4)31-27(37)25(20-9-7-6-8-10-20)32-26(36)21-16-29-13-14-30-21/h13-14,16,19-20,22-23,25,34H,5-12,15,17-18H2,1-4H3,(H,31,37)(H,32,36)/t22-,23?,25+/m1/s1. The van der Waals surface area contributed by atoms with Crippen molar-refractivity contribution in [3.63, 3.8) is 0 Å². The molecule has 1 heterocycles. The van der Waals surface area contributed by atoms with Crippen molar-refractivity contribution >= 4 is 17.8 Å². The maximum atomic E-state index is 13.7. The highest BCUT2D eigenvalue weighted by Gasteiger charge is 2.37. The van der Waals surface area contributed by atoms with Gasteiger partial charge in [0.05, 0.1) is 19.3 Å². The predicted molar refractivity (Wildman–Crippen MR) is 143 cm³/mol. The molecule has 3 atom stereocenters. The number of carbonyl (C=O) groups is 3. The largest absolute Gasteiger partial charge is 0.465 e. The van der Waals surface area contributed by atoms with Gasteiger partial charge in [0.25, 0.3) is 5.91 Å². The summed E-state index contributed by atoms with van der Waals surface area (Å²) in [6.45, 7) is 8.70. The molecule has 3 N–H and O–H groups in total. The summed E-state index contributed by atoms with van der Waals surface area (Å²) in [5.74, 6) is -0.576. The van der Waals surface area contributed by atoms with Gasteiger partial charge < -0.3 is 20.5 Å². The van der Waals surface area contributed by atoms with Crippen LogP contribution in [-0.4, -0.2) is 75.8 Å². The van der Waals surface area contributed by atoms with E-state index in [9.17, 15) is 19.5 Å². The molecule has 0 saturated heterocycles. The lowest BCUT2D eigenvalue weighted by Gasteiger charge is -2.38. The van der Waals surface area contributed by atoms with Gasteiger partial charge in [-0.1, -0.05) is 40.0 Å². The molecule has 0 aliphatic heterocycles. The lowest BCUT2D eigenvalue weighted by atomic mass is 9.81. The van der Waals surface area contributed by atoms with Crippen LogP contribution in [0.25, 0.3) is 0 Å². The van der Waals surface area contributed by atoms with E-state index in [1.165, 1.54) is 18.6 Å². The summed E-state index contributed by atoms with van der Waals surface area (Å²) in [7, 11) is 0. The topological polar surface area (TPSA) is 134 Å². The lowest BCUT2D eigenvalue weighted by Crippen LogP contribution is -2.57. The zero-order valence-corrected chi connectivity index (χ0v) is 23.3. The first kappa shape index (κ1) is 30.0. The van der Waals surface area contributed by atoms with Crippen molar-refractivity contribution in [2.24, 2.45) is 17.3 Å². The first-order valence-electron chi connectivity index (χ1n) is 14.0. The van der Waals surface area contributed by atoms with E-state index < -0.39 is 24.2 Å². The van der Waals surface area contributed by atoms with Gasteiger partial charge in [0.15, 0.2) is 0 Å². The van der Waals surface area contributed by atoms with Gasteiger partial charge in [0.2, 0.25) is 5.91 Å². The predicted octanol–water partition coefficient (Wildman–Crippen LogP) is 2.67. The number of nitrogens with one attached hydrogen (secondary N) is 2. The van der Waals surface area contributed by atoms with Gasteiger partial charge in [-0.25, -0.2) is 4.98 Å². The highest BCUT2D eigenvalue weighted by Crippen LogP contribution is 2.32. The normalized spacial score (nSPS) is 18.9. The number of carbonyl (C=O) groups excluding carboxylic acids is 3. The van der Waals surface area contributed by atoms with Crippen LogP contribution in [0.3, 0.4) is 0 Å². The van der Waals surface area contributed by atoms with E-state index in [-0.39, 0.29) is 48.5 Å². The van der Waals surface area contributed by atoms with Crippen molar-refractivity contribution in [3.05, 3.63) is 24.3 Å². The van der Waals surface area contributed by atoms with Gasteiger partial charge in [-0.15, -0.1) is 0 Å². The van der Waals surface area contributed by atoms with E-state index in [1.807, 2.05) is 20.8 Å². The van der Waals surface area contributed by atoms with Crippen molar-refractivity contribution < 1.29 is 24.2 Å². The van der Waals surface area contributed by atoms with Crippen molar-refractivity contribution in [1.29, 1.82) is 0 Å². The van der Waals surface area contributed by atoms with Gasteiger partial charge in [-0.2, -0.15) is 0 Å². The molecule has 0 aromatic carbocycles. The number of nitrogens with zero attached hydrogens (tertiary/aromatic N) is 3. The SMILES string of the molecule is CCOC(=O)CN(CC1CC1)C(O)C[C@@H](NC(=O)[C@@H](NC(=O)c1cnccn1)C1CCCCC1)C(C)(C)C. The highest BCUT2D eigenvalue weighted by molar-refractivity contribution is 5.96. The Labute approximate surface area is 226 Å². The molecule has 0 radical (unpaired) electrons. The molecular formula is C28H45N5O5. The monoisotopic (exact) mass is 531 g/mol. The molecule has 1 aromatic rings. The molecule has 2 amide bonds. The smallest absolute Gasteiger partial charge is 0.320 e. The minimum atomic E-state index is -0.924. The Morgan fingerprint density at radius 2 is 1.82 bits per heavy atom. The number of hydrogen-bond donors (Lipinski definition) is 3. The van der Waals surface area contributed by atoms with Crippen LogP contribution in [-0.2, 0) is 14.3 Å². The van der Waals surface area contributed by atoms with Gasteiger partial charge in [0, 0.05) is 31.4 Å². The summed E-state index contributed by atoms with van der Waals surface area (Å²) < 4.78 is 5.12. The van der Waals surface area contributed by atoms with E-state index in [1.54, 1.807) is 11.8 Å². The van der Waals surface area contributed by atoms with E-state index >= 15 is 0 Å². The molecule has 1 unspecified atom stereocenters. The van der Waals surface area contributed by atoms with Crippen LogP contribution in [0.4, 0.5) is 0 Å². The van der Waals surface area contributed by atoms with Crippen molar-refractivity contribution in [2.45, 2.75) is 97.4 Å².